The van der Waals surface area contributed by atoms with Gasteiger partial charge in [-0.2, -0.15) is 0 Å². The van der Waals surface area contributed by atoms with Crippen molar-refractivity contribution in [2.45, 2.75) is 46.1 Å². The minimum atomic E-state index is -3.64. The standard InChI is InChI=1S/C63H55N2O4PS2/c1-41-19-10-14-25-50(41)64(51-26-15-11-20-42(51)2)47-35-31-45(32-36-47)58-39-56-61(71-58)63(66,60-54(68-5)29-18-30-55(60)69-6)62-57(70(56,67)49-23-8-7-9-24-49)40-59(72-62)46-33-37-48(38-34-46)65(52-27-16-12-21-43(52)3)53-28-17-13-22-44(53)4/h7-17,19-29,31-40,66H,18,30H2,1-6H3. The first-order chi connectivity index (χ1) is 35.0. The zero-order valence-electron chi connectivity index (χ0n) is 41.2. The first kappa shape index (κ1) is 47.2. The van der Waals surface area contributed by atoms with Crippen molar-refractivity contribution in [2.75, 3.05) is 24.0 Å². The van der Waals surface area contributed by atoms with Crippen molar-refractivity contribution in [3.63, 3.8) is 0 Å². The van der Waals surface area contributed by atoms with Crippen molar-refractivity contribution in [3.8, 4) is 20.9 Å². The van der Waals surface area contributed by atoms with Gasteiger partial charge in [0.15, 0.2) is 12.7 Å². The Bertz CT molecular complexity index is 3330. The van der Waals surface area contributed by atoms with E-state index in [0.29, 0.717) is 55.6 Å². The number of ether oxygens (including phenoxy) is 2. The maximum atomic E-state index is 16.9. The number of para-hydroxylation sites is 4. The predicted molar refractivity (Wildman–Crippen MR) is 302 cm³/mol. The van der Waals surface area contributed by atoms with Crippen molar-refractivity contribution in [1.29, 1.82) is 0 Å². The third-order valence-electron chi connectivity index (χ3n) is 14.2. The van der Waals surface area contributed by atoms with Crippen LogP contribution in [0.5, 0.6) is 0 Å². The number of benzene rings is 7. The molecule has 0 fully saturated rings. The lowest BCUT2D eigenvalue weighted by atomic mass is 9.84. The molecule has 9 aromatic rings. The molecule has 1 aliphatic heterocycles. The van der Waals surface area contributed by atoms with Crippen molar-refractivity contribution in [3.05, 3.63) is 243 Å². The number of anilines is 6. The maximum absolute atomic E-state index is 16.9. The minimum Gasteiger partial charge on any atom is -0.501 e. The van der Waals surface area contributed by atoms with Crippen LogP contribution in [0.4, 0.5) is 34.1 Å². The van der Waals surface area contributed by atoms with Gasteiger partial charge in [0.2, 0.25) is 0 Å². The molecule has 1 N–H and O–H groups in total. The molecule has 0 spiro atoms. The predicted octanol–water partition coefficient (Wildman–Crippen LogP) is 15.7. The molecule has 2 aliphatic rings. The van der Waals surface area contributed by atoms with E-state index in [2.05, 4.69) is 195 Å². The molecule has 0 saturated carbocycles. The number of thiophene rings is 2. The molecular formula is C63H55N2O4PS2. The second kappa shape index (κ2) is 19.1. The molecule has 358 valence electrons. The topological polar surface area (TPSA) is 62.2 Å². The lowest BCUT2D eigenvalue weighted by Crippen LogP contribution is -2.45. The minimum absolute atomic E-state index is 0.548. The van der Waals surface area contributed by atoms with E-state index in [4.69, 9.17) is 9.47 Å². The molecule has 0 radical (unpaired) electrons. The van der Waals surface area contributed by atoms with Crippen LogP contribution in [0.1, 0.15) is 44.8 Å². The number of hydrogen-bond acceptors (Lipinski definition) is 8. The van der Waals surface area contributed by atoms with E-state index >= 15 is 4.57 Å². The summed E-state index contributed by atoms with van der Waals surface area (Å²) in [5.74, 6) is 1.19. The Labute approximate surface area is 430 Å². The average molecular weight is 999 g/mol. The van der Waals surface area contributed by atoms with Crippen molar-refractivity contribution in [1.82, 2.24) is 0 Å². The van der Waals surface area contributed by atoms with Crippen LogP contribution in [0, 0.1) is 27.7 Å². The van der Waals surface area contributed by atoms with Gasteiger partial charge in [0.05, 0.1) is 29.5 Å². The summed E-state index contributed by atoms with van der Waals surface area (Å²) >= 11 is 2.98. The maximum Gasteiger partial charge on any atom is 0.173 e. The Morgan fingerprint density at radius 3 is 1.28 bits per heavy atom. The number of nitrogens with zero attached hydrogens (tertiary/aromatic N) is 2. The van der Waals surface area contributed by atoms with Gasteiger partial charge in [-0.25, -0.2) is 0 Å². The van der Waals surface area contributed by atoms with Gasteiger partial charge in [-0.1, -0.05) is 127 Å². The van der Waals surface area contributed by atoms with E-state index in [1.165, 1.54) is 44.9 Å². The Hall–Kier alpha value is -7.19. The van der Waals surface area contributed by atoms with Crippen LogP contribution >= 0.6 is 29.8 Å². The molecule has 0 unspecified atom stereocenters. The summed E-state index contributed by atoms with van der Waals surface area (Å²) in [5.41, 5.74) is 11.8. The molecule has 0 atom stereocenters. The number of fused-ring (bicyclic) bond motifs is 2. The lowest BCUT2D eigenvalue weighted by molar-refractivity contribution is 0.108. The van der Waals surface area contributed by atoms with Crippen molar-refractivity contribution >= 4 is 79.9 Å². The Morgan fingerprint density at radius 2 is 0.903 bits per heavy atom. The summed E-state index contributed by atoms with van der Waals surface area (Å²) in [6.45, 7) is 8.57. The van der Waals surface area contributed by atoms with Crippen molar-refractivity contribution < 1.29 is 19.1 Å². The van der Waals surface area contributed by atoms with E-state index < -0.39 is 12.7 Å². The molecule has 0 saturated heterocycles. The summed E-state index contributed by atoms with van der Waals surface area (Å²) in [7, 11) is -0.341. The van der Waals surface area contributed by atoms with Gasteiger partial charge in [-0.15, -0.1) is 22.7 Å². The summed E-state index contributed by atoms with van der Waals surface area (Å²) in [6, 6.07) is 64.9. The Kier molecular flexibility index (Phi) is 12.5. The van der Waals surface area contributed by atoms with E-state index in [1.54, 1.807) is 14.2 Å². The van der Waals surface area contributed by atoms with Gasteiger partial charge in [0.1, 0.15) is 11.5 Å². The van der Waals surface area contributed by atoms with Crippen LogP contribution in [-0.4, -0.2) is 19.3 Å². The van der Waals surface area contributed by atoms with Crippen LogP contribution in [0.25, 0.3) is 20.9 Å². The number of rotatable bonds is 12. The summed E-state index contributed by atoms with van der Waals surface area (Å²) in [5, 5.41) is 16.1. The first-order valence-electron chi connectivity index (χ1n) is 24.3. The van der Waals surface area contributed by atoms with Gasteiger partial charge in [-0.3, -0.25) is 0 Å². The Balaban J connectivity index is 1.08. The van der Waals surface area contributed by atoms with E-state index in [9.17, 15) is 5.11 Å². The number of hydrogen-bond donors (Lipinski definition) is 1. The van der Waals surface area contributed by atoms with Crippen molar-refractivity contribution in [2.24, 2.45) is 0 Å². The fourth-order valence-corrected chi connectivity index (χ4v) is 17.0. The van der Waals surface area contributed by atoms with Crippen LogP contribution < -0.4 is 25.7 Å². The fourth-order valence-electron chi connectivity index (χ4n) is 10.5. The third kappa shape index (κ3) is 7.85. The molecule has 0 amide bonds. The summed E-state index contributed by atoms with van der Waals surface area (Å²) in [6.07, 6.45) is 3.31. The number of methoxy groups -OCH3 is 2. The monoisotopic (exact) mass is 998 g/mol. The highest BCUT2D eigenvalue weighted by atomic mass is 32.1. The molecule has 72 heavy (non-hydrogen) atoms. The second-order valence-corrected chi connectivity index (χ2v) is 23.3. The normalized spacial score (nSPS) is 17.2. The molecule has 3 heterocycles. The molecular weight excluding hydrogens is 944 g/mol. The van der Waals surface area contributed by atoms with Gasteiger partial charge in [0, 0.05) is 66.2 Å². The van der Waals surface area contributed by atoms with E-state index in [-0.39, 0.29) is 0 Å². The highest BCUT2D eigenvalue weighted by molar-refractivity contribution is 7.86. The number of aryl methyl sites for hydroxylation is 4. The van der Waals surface area contributed by atoms with E-state index in [1.807, 2.05) is 36.4 Å². The largest absolute Gasteiger partial charge is 0.501 e. The fraction of sp³-hybridized carbons (Fsp3) is 0.143. The number of allylic oxidation sites excluding steroid dienone is 2. The Morgan fingerprint density at radius 1 is 0.514 bits per heavy atom. The first-order valence-corrected chi connectivity index (χ1v) is 27.6. The quantitative estimate of drug-likeness (QED) is 0.123. The molecule has 2 aromatic heterocycles. The molecule has 6 nitrogen and oxygen atoms in total. The SMILES string of the molecule is COC1=CCCC(OC)=C1C1(O)c2sc(-c3ccc(N(c4ccccc4C)c4ccccc4C)cc3)cc2P(=O)(c2ccccc2)c2cc(-c3ccc(N(c4ccccc4C)c4ccccc4C)cc3)sc21. The highest BCUT2D eigenvalue weighted by Gasteiger charge is 2.56. The van der Waals surface area contributed by atoms with Gasteiger partial charge in [0.25, 0.3) is 0 Å². The smallest absolute Gasteiger partial charge is 0.173 e. The lowest BCUT2D eigenvalue weighted by Gasteiger charge is -2.39. The van der Waals surface area contributed by atoms with Gasteiger partial charge < -0.3 is 28.9 Å². The molecule has 1 aliphatic carbocycles. The van der Waals surface area contributed by atoms with Crippen LogP contribution in [0.2, 0.25) is 0 Å². The highest BCUT2D eigenvalue weighted by Crippen LogP contribution is 2.61. The van der Waals surface area contributed by atoms with Gasteiger partial charge in [-0.05, 0) is 134 Å². The zero-order valence-corrected chi connectivity index (χ0v) is 43.7. The second-order valence-electron chi connectivity index (χ2n) is 18.5. The molecule has 11 rings (SSSR count). The molecule has 0 bridgehead atoms. The van der Waals surface area contributed by atoms with Gasteiger partial charge >= 0.3 is 0 Å². The molecule has 9 heteroatoms. The third-order valence-corrected chi connectivity index (χ3v) is 20.2. The summed E-state index contributed by atoms with van der Waals surface area (Å²) < 4.78 is 29.2. The zero-order chi connectivity index (χ0) is 49.7. The van der Waals surface area contributed by atoms with Crippen LogP contribution in [0.3, 0.4) is 0 Å². The summed E-state index contributed by atoms with van der Waals surface area (Å²) in [4.78, 5) is 7.63. The molecule has 7 aromatic carbocycles. The average Bonchev–Trinajstić information content (AvgIpc) is 4.09. The number of aliphatic hydroxyl groups is 1. The van der Waals surface area contributed by atoms with E-state index in [0.717, 1.165) is 55.0 Å². The van der Waals surface area contributed by atoms with Crippen LogP contribution in [-0.2, 0) is 19.6 Å². The van der Waals surface area contributed by atoms with Crippen LogP contribution in [0.15, 0.2) is 211 Å².